The quantitative estimate of drug-likeness (QED) is 0.928. The maximum atomic E-state index is 12.9. The van der Waals surface area contributed by atoms with Crippen molar-refractivity contribution in [2.75, 3.05) is 13.1 Å². The fourth-order valence-electron chi connectivity index (χ4n) is 3.44. The van der Waals surface area contributed by atoms with Gasteiger partial charge in [-0.05, 0) is 44.2 Å². The zero-order valence-corrected chi connectivity index (χ0v) is 12.6. The van der Waals surface area contributed by atoms with Gasteiger partial charge in [0.2, 0.25) is 5.91 Å². The number of aryl methyl sites for hydroxylation is 1. The van der Waals surface area contributed by atoms with Gasteiger partial charge in [-0.1, -0.05) is 24.3 Å². The molecule has 1 saturated carbocycles. The normalized spacial score (nSPS) is 26.7. The average molecular weight is 287 g/mol. The number of likely N-dealkylation sites (tertiary alicyclic amines) is 1. The van der Waals surface area contributed by atoms with Crippen molar-refractivity contribution in [2.24, 2.45) is 5.41 Å². The second-order valence-corrected chi connectivity index (χ2v) is 6.74. The first-order valence-electron chi connectivity index (χ1n) is 7.48. The summed E-state index contributed by atoms with van der Waals surface area (Å²) in [4.78, 5) is 26.0. The molecule has 2 aliphatic rings. The SMILES string of the molecule is Cc1ccccc1C1(C(=O)N2CC[C@@](C)(C(=O)O)C2)CC1. The number of benzene rings is 1. The molecule has 1 amide bonds. The molecule has 1 N–H and O–H groups in total. The fourth-order valence-corrected chi connectivity index (χ4v) is 3.44. The fraction of sp³-hybridized carbons (Fsp3) is 0.529. The molecule has 0 radical (unpaired) electrons. The summed E-state index contributed by atoms with van der Waals surface area (Å²) in [5, 5.41) is 9.31. The van der Waals surface area contributed by atoms with Gasteiger partial charge >= 0.3 is 5.97 Å². The molecule has 2 fully saturated rings. The molecule has 0 spiro atoms. The number of carboxylic acids is 1. The smallest absolute Gasteiger partial charge is 0.311 e. The third-order valence-corrected chi connectivity index (χ3v) is 5.10. The molecule has 112 valence electrons. The first-order chi connectivity index (χ1) is 9.89. The van der Waals surface area contributed by atoms with Gasteiger partial charge in [0.1, 0.15) is 0 Å². The number of nitrogens with zero attached hydrogens (tertiary/aromatic N) is 1. The minimum absolute atomic E-state index is 0.113. The van der Waals surface area contributed by atoms with Crippen LogP contribution in [0.2, 0.25) is 0 Å². The van der Waals surface area contributed by atoms with Gasteiger partial charge in [0.25, 0.3) is 0 Å². The highest BCUT2D eigenvalue weighted by Crippen LogP contribution is 2.51. The van der Waals surface area contributed by atoms with E-state index < -0.39 is 16.8 Å². The second-order valence-electron chi connectivity index (χ2n) is 6.74. The number of carboxylic acid groups (broad SMARTS) is 1. The van der Waals surface area contributed by atoms with Crippen LogP contribution >= 0.6 is 0 Å². The summed E-state index contributed by atoms with van der Waals surface area (Å²) >= 11 is 0. The number of carbonyl (C=O) groups is 2. The van der Waals surface area contributed by atoms with E-state index in [2.05, 4.69) is 0 Å². The Kier molecular flexibility index (Phi) is 3.08. The second kappa shape index (κ2) is 4.58. The number of hydrogen-bond donors (Lipinski definition) is 1. The highest BCUT2D eigenvalue weighted by Gasteiger charge is 2.55. The zero-order chi connectivity index (χ0) is 15.3. The van der Waals surface area contributed by atoms with E-state index in [1.54, 1.807) is 11.8 Å². The summed E-state index contributed by atoms with van der Waals surface area (Å²) in [5.41, 5.74) is 1.06. The molecule has 1 aliphatic heterocycles. The molecule has 1 saturated heterocycles. The van der Waals surface area contributed by atoms with Gasteiger partial charge in [-0.2, -0.15) is 0 Å². The monoisotopic (exact) mass is 287 g/mol. The predicted molar refractivity (Wildman–Crippen MR) is 79.0 cm³/mol. The van der Waals surface area contributed by atoms with Gasteiger partial charge in [-0.15, -0.1) is 0 Å². The van der Waals surface area contributed by atoms with Crippen molar-refractivity contribution < 1.29 is 14.7 Å². The molecule has 0 bridgehead atoms. The summed E-state index contributed by atoms with van der Waals surface area (Å²) in [6, 6.07) is 8.03. The van der Waals surface area contributed by atoms with Crippen molar-refractivity contribution in [3.63, 3.8) is 0 Å². The van der Waals surface area contributed by atoms with Gasteiger partial charge in [-0.3, -0.25) is 9.59 Å². The van der Waals surface area contributed by atoms with E-state index in [9.17, 15) is 14.7 Å². The summed E-state index contributed by atoms with van der Waals surface area (Å²) < 4.78 is 0. The summed E-state index contributed by atoms with van der Waals surface area (Å²) in [6.07, 6.45) is 2.28. The highest BCUT2D eigenvalue weighted by atomic mass is 16.4. The van der Waals surface area contributed by atoms with Gasteiger partial charge in [0.15, 0.2) is 0 Å². The first kappa shape index (κ1) is 14.1. The number of carbonyl (C=O) groups excluding carboxylic acids is 1. The molecule has 4 heteroatoms. The maximum absolute atomic E-state index is 12.9. The van der Waals surface area contributed by atoms with E-state index in [0.29, 0.717) is 19.5 Å². The van der Waals surface area contributed by atoms with Crippen LogP contribution in [0.15, 0.2) is 24.3 Å². The molecule has 1 heterocycles. The molecule has 1 aromatic carbocycles. The molecule has 1 aliphatic carbocycles. The Labute approximate surface area is 124 Å². The van der Waals surface area contributed by atoms with Crippen molar-refractivity contribution in [3.8, 4) is 0 Å². The number of aliphatic carboxylic acids is 1. The van der Waals surface area contributed by atoms with Crippen molar-refractivity contribution >= 4 is 11.9 Å². The first-order valence-corrected chi connectivity index (χ1v) is 7.48. The van der Waals surface area contributed by atoms with E-state index >= 15 is 0 Å². The maximum Gasteiger partial charge on any atom is 0.311 e. The van der Waals surface area contributed by atoms with Crippen LogP contribution in [-0.2, 0) is 15.0 Å². The van der Waals surface area contributed by atoms with Crippen molar-refractivity contribution in [2.45, 2.75) is 38.5 Å². The Morgan fingerprint density at radius 2 is 1.86 bits per heavy atom. The Balaban J connectivity index is 1.84. The van der Waals surface area contributed by atoms with E-state index in [1.165, 1.54) is 0 Å². The molecule has 4 nitrogen and oxygen atoms in total. The van der Waals surface area contributed by atoms with Crippen LogP contribution in [-0.4, -0.2) is 35.0 Å². The lowest BCUT2D eigenvalue weighted by molar-refractivity contribution is -0.147. The van der Waals surface area contributed by atoms with Gasteiger partial charge in [-0.25, -0.2) is 0 Å². The Hall–Kier alpha value is -1.84. The average Bonchev–Trinajstić information content (AvgIpc) is 3.15. The van der Waals surface area contributed by atoms with Crippen LogP contribution in [0.25, 0.3) is 0 Å². The third-order valence-electron chi connectivity index (χ3n) is 5.10. The van der Waals surface area contributed by atoms with Crippen LogP contribution in [0.1, 0.15) is 37.3 Å². The highest BCUT2D eigenvalue weighted by molar-refractivity contribution is 5.92. The van der Waals surface area contributed by atoms with E-state index in [-0.39, 0.29) is 5.91 Å². The molecule has 1 aromatic rings. The van der Waals surface area contributed by atoms with Gasteiger partial charge < -0.3 is 10.0 Å². The zero-order valence-electron chi connectivity index (χ0n) is 12.6. The molecule has 0 aromatic heterocycles. The molecule has 3 rings (SSSR count). The minimum Gasteiger partial charge on any atom is -0.481 e. The molecule has 1 atom stereocenters. The van der Waals surface area contributed by atoms with Crippen LogP contribution < -0.4 is 0 Å². The lowest BCUT2D eigenvalue weighted by atomic mass is 9.89. The van der Waals surface area contributed by atoms with Crippen molar-refractivity contribution in [1.82, 2.24) is 4.90 Å². The minimum atomic E-state index is -0.807. The van der Waals surface area contributed by atoms with Crippen LogP contribution in [0.4, 0.5) is 0 Å². The van der Waals surface area contributed by atoms with Crippen LogP contribution in [0.5, 0.6) is 0 Å². The van der Waals surface area contributed by atoms with Crippen LogP contribution in [0.3, 0.4) is 0 Å². The lowest BCUT2D eigenvalue weighted by Crippen LogP contribution is -2.40. The number of hydrogen-bond acceptors (Lipinski definition) is 2. The molecular weight excluding hydrogens is 266 g/mol. The molecule has 21 heavy (non-hydrogen) atoms. The lowest BCUT2D eigenvalue weighted by Gasteiger charge is -2.26. The van der Waals surface area contributed by atoms with Gasteiger partial charge in [0, 0.05) is 13.1 Å². The van der Waals surface area contributed by atoms with E-state index in [4.69, 9.17) is 0 Å². The largest absolute Gasteiger partial charge is 0.481 e. The summed E-state index contributed by atoms with van der Waals surface area (Å²) in [5.74, 6) is -0.694. The standard InChI is InChI=1S/C17H21NO3/c1-12-5-3-4-6-13(12)17(7-8-17)14(19)18-10-9-16(2,11-18)15(20)21/h3-6H,7-11H2,1-2H3,(H,20,21)/t16-/m1/s1. The number of amides is 1. The Bertz CT molecular complexity index is 606. The molecule has 0 unspecified atom stereocenters. The third kappa shape index (κ3) is 2.13. The van der Waals surface area contributed by atoms with Gasteiger partial charge in [0.05, 0.1) is 10.8 Å². The van der Waals surface area contributed by atoms with Crippen molar-refractivity contribution in [1.29, 1.82) is 0 Å². The van der Waals surface area contributed by atoms with Crippen molar-refractivity contribution in [3.05, 3.63) is 35.4 Å². The van der Waals surface area contributed by atoms with E-state index in [1.807, 2.05) is 31.2 Å². The topological polar surface area (TPSA) is 57.6 Å². The summed E-state index contributed by atoms with van der Waals surface area (Å²) in [6.45, 7) is 4.65. The molecular formula is C17H21NO3. The Morgan fingerprint density at radius 3 is 2.38 bits per heavy atom. The summed E-state index contributed by atoms with van der Waals surface area (Å²) in [7, 11) is 0. The Morgan fingerprint density at radius 1 is 1.19 bits per heavy atom. The van der Waals surface area contributed by atoms with E-state index in [0.717, 1.165) is 24.0 Å². The number of rotatable bonds is 3. The van der Waals surface area contributed by atoms with Crippen LogP contribution in [0, 0.1) is 12.3 Å². The predicted octanol–water partition coefficient (Wildman–Crippen LogP) is 2.35.